The second kappa shape index (κ2) is 15.0. The molecule has 0 saturated heterocycles. The third-order valence-corrected chi connectivity index (χ3v) is 8.49. The summed E-state index contributed by atoms with van der Waals surface area (Å²) in [5.41, 5.74) is 4.17. The van der Waals surface area contributed by atoms with E-state index < -0.39 is 0 Å². The lowest BCUT2D eigenvalue weighted by Crippen LogP contribution is -2.49. The molecule has 3 aliphatic rings. The Morgan fingerprint density at radius 1 is 1.16 bits per heavy atom. The third kappa shape index (κ3) is 7.55. The van der Waals surface area contributed by atoms with Crippen molar-refractivity contribution in [2.24, 2.45) is 28.6 Å². The highest BCUT2D eigenvalue weighted by Gasteiger charge is 2.53. The van der Waals surface area contributed by atoms with Gasteiger partial charge in [0.1, 0.15) is 0 Å². The number of hydrogen-bond donors (Lipinski definition) is 0. The Kier molecular flexibility index (Phi) is 14.5. The minimum absolute atomic E-state index is 0.344. The predicted molar refractivity (Wildman–Crippen MR) is 148 cm³/mol. The molecule has 0 spiro atoms. The van der Waals surface area contributed by atoms with Gasteiger partial charge in [0.15, 0.2) is 0 Å². The third-order valence-electron chi connectivity index (χ3n) is 7.79. The van der Waals surface area contributed by atoms with Crippen LogP contribution in [0.4, 0.5) is 0 Å². The molecule has 1 saturated carbocycles. The monoisotopic (exact) mass is 444 g/mol. The van der Waals surface area contributed by atoms with E-state index in [-0.39, 0.29) is 0 Å². The number of hydrogen-bond acceptors (Lipinski definition) is 1. The fraction of sp³-hybridized carbons (Fsp3) is 0.667. The van der Waals surface area contributed by atoms with Crippen LogP contribution in [0.5, 0.6) is 0 Å². The second-order valence-electron chi connectivity index (χ2n) is 9.87. The van der Waals surface area contributed by atoms with Gasteiger partial charge < -0.3 is 0 Å². The molecule has 0 aromatic carbocycles. The number of rotatable bonds is 5. The van der Waals surface area contributed by atoms with Gasteiger partial charge in [0.05, 0.1) is 0 Å². The van der Waals surface area contributed by atoms with Crippen molar-refractivity contribution in [1.29, 1.82) is 0 Å². The average Bonchev–Trinajstić information content (AvgIpc) is 2.80. The molecule has 0 radical (unpaired) electrons. The van der Waals surface area contributed by atoms with Gasteiger partial charge in [-0.2, -0.15) is 11.8 Å². The summed E-state index contributed by atoms with van der Waals surface area (Å²) < 4.78 is 0. The Bertz CT molecular complexity index is 577. The molecule has 1 fully saturated rings. The van der Waals surface area contributed by atoms with Crippen LogP contribution in [0.25, 0.3) is 0 Å². The second-order valence-corrected chi connectivity index (χ2v) is 10.9. The maximum absolute atomic E-state index is 4.18. The van der Waals surface area contributed by atoms with Gasteiger partial charge in [-0.05, 0) is 84.7 Å². The van der Waals surface area contributed by atoms with Gasteiger partial charge in [-0.15, -0.1) is 32.9 Å². The van der Waals surface area contributed by atoms with Crippen molar-refractivity contribution in [3.63, 3.8) is 0 Å². The molecule has 0 aliphatic heterocycles. The molecule has 178 valence electrons. The van der Waals surface area contributed by atoms with Crippen LogP contribution < -0.4 is 0 Å². The van der Waals surface area contributed by atoms with Crippen LogP contribution in [0.2, 0.25) is 0 Å². The summed E-state index contributed by atoms with van der Waals surface area (Å²) in [5.74, 6) is 3.62. The fourth-order valence-corrected chi connectivity index (χ4v) is 6.50. The quantitative estimate of drug-likeness (QED) is 0.300. The highest BCUT2D eigenvalue weighted by atomic mass is 32.2. The van der Waals surface area contributed by atoms with Gasteiger partial charge in [0.25, 0.3) is 0 Å². The Labute approximate surface area is 200 Å². The molecule has 1 heteroatoms. The van der Waals surface area contributed by atoms with Crippen molar-refractivity contribution in [3.05, 3.63) is 62.3 Å². The first-order valence-corrected chi connectivity index (χ1v) is 13.7. The van der Waals surface area contributed by atoms with E-state index in [1.54, 1.807) is 11.1 Å². The summed E-state index contributed by atoms with van der Waals surface area (Å²) in [4.78, 5) is 0. The minimum Gasteiger partial charge on any atom is -0.165 e. The van der Waals surface area contributed by atoms with Crippen LogP contribution in [0.15, 0.2) is 62.3 Å². The SMILES string of the molecule is C=C.C=C.C=CC1(C)CCCC2(C)C3CCC(C(C)C)=CC3=CCC12.CCCCSC. The number of allylic oxidation sites excluding steroid dienone is 5. The summed E-state index contributed by atoms with van der Waals surface area (Å²) in [6.45, 7) is 28.1. The molecule has 4 atom stereocenters. The average molecular weight is 445 g/mol. The first kappa shape index (κ1) is 30.0. The molecule has 3 rings (SSSR count). The molecule has 0 nitrogen and oxygen atoms in total. The fourth-order valence-electron chi connectivity index (χ4n) is 5.93. The molecule has 0 bridgehead atoms. The Morgan fingerprint density at radius 3 is 2.29 bits per heavy atom. The zero-order valence-electron chi connectivity index (χ0n) is 21.8. The van der Waals surface area contributed by atoms with Gasteiger partial charge in [-0.1, -0.05) is 71.3 Å². The largest absolute Gasteiger partial charge is 0.165 e. The van der Waals surface area contributed by atoms with Crippen molar-refractivity contribution in [1.82, 2.24) is 0 Å². The van der Waals surface area contributed by atoms with E-state index in [0.717, 1.165) is 11.8 Å². The highest BCUT2D eigenvalue weighted by molar-refractivity contribution is 7.98. The van der Waals surface area contributed by atoms with Crippen molar-refractivity contribution in [2.75, 3.05) is 12.0 Å². The van der Waals surface area contributed by atoms with Crippen LogP contribution >= 0.6 is 11.8 Å². The molecular weight excluding hydrogens is 392 g/mol. The van der Waals surface area contributed by atoms with Crippen LogP contribution in [0.3, 0.4) is 0 Å². The van der Waals surface area contributed by atoms with Crippen molar-refractivity contribution in [3.8, 4) is 0 Å². The topological polar surface area (TPSA) is 0 Å². The van der Waals surface area contributed by atoms with E-state index in [9.17, 15) is 0 Å². The van der Waals surface area contributed by atoms with Crippen LogP contribution in [-0.4, -0.2) is 12.0 Å². The van der Waals surface area contributed by atoms with Crippen LogP contribution in [0, 0.1) is 28.6 Å². The van der Waals surface area contributed by atoms with E-state index in [1.165, 1.54) is 57.1 Å². The van der Waals surface area contributed by atoms with Crippen LogP contribution in [0.1, 0.15) is 86.0 Å². The smallest absolute Gasteiger partial charge is 0.00704 e. The Morgan fingerprint density at radius 2 is 1.81 bits per heavy atom. The van der Waals surface area contributed by atoms with E-state index in [1.807, 2.05) is 11.8 Å². The summed E-state index contributed by atoms with van der Waals surface area (Å²) in [7, 11) is 0. The first-order valence-electron chi connectivity index (χ1n) is 12.4. The molecule has 0 heterocycles. The molecule has 4 unspecified atom stereocenters. The first-order chi connectivity index (χ1) is 14.8. The molecule has 31 heavy (non-hydrogen) atoms. The van der Waals surface area contributed by atoms with Crippen molar-refractivity contribution in [2.45, 2.75) is 86.0 Å². The molecule has 3 aliphatic carbocycles. The van der Waals surface area contributed by atoms with E-state index >= 15 is 0 Å². The number of fused-ring (bicyclic) bond motifs is 3. The zero-order valence-corrected chi connectivity index (χ0v) is 22.6. The maximum Gasteiger partial charge on any atom is -0.00704 e. The Hall–Kier alpha value is -0.950. The zero-order chi connectivity index (χ0) is 24.1. The van der Waals surface area contributed by atoms with Gasteiger partial charge >= 0.3 is 0 Å². The van der Waals surface area contributed by atoms with Crippen molar-refractivity contribution < 1.29 is 0 Å². The van der Waals surface area contributed by atoms with Gasteiger partial charge in [0, 0.05) is 0 Å². The van der Waals surface area contributed by atoms with E-state index in [2.05, 4.69) is 92.0 Å². The summed E-state index contributed by atoms with van der Waals surface area (Å²) >= 11 is 1.93. The lowest BCUT2D eigenvalue weighted by Gasteiger charge is -2.57. The Balaban J connectivity index is 0.000000771. The minimum atomic E-state index is 0.344. The van der Waals surface area contributed by atoms with Crippen molar-refractivity contribution >= 4 is 11.8 Å². The summed E-state index contributed by atoms with van der Waals surface area (Å²) in [6.07, 6.45) is 20.3. The molecule has 0 N–H and O–H groups in total. The lowest BCUT2D eigenvalue weighted by molar-refractivity contribution is -0.0240. The number of thioether (sulfide) groups is 1. The van der Waals surface area contributed by atoms with E-state index in [0.29, 0.717) is 16.7 Å². The van der Waals surface area contributed by atoms with Crippen LogP contribution in [-0.2, 0) is 0 Å². The highest BCUT2D eigenvalue weighted by Crippen LogP contribution is 2.62. The number of unbranched alkanes of at least 4 members (excludes halogenated alkanes) is 1. The predicted octanol–water partition coefficient (Wildman–Crippen LogP) is 10.1. The van der Waals surface area contributed by atoms with Gasteiger partial charge in [-0.3, -0.25) is 0 Å². The summed E-state index contributed by atoms with van der Waals surface area (Å²) in [6, 6.07) is 0. The molecule has 0 amide bonds. The molecular formula is C30H52S. The summed E-state index contributed by atoms with van der Waals surface area (Å²) in [5, 5.41) is 0. The maximum atomic E-state index is 4.18. The molecule has 0 aromatic heterocycles. The van der Waals surface area contributed by atoms with Gasteiger partial charge in [0.2, 0.25) is 0 Å². The molecule has 0 aromatic rings. The van der Waals surface area contributed by atoms with Gasteiger partial charge in [-0.25, -0.2) is 0 Å². The normalized spacial score (nSPS) is 30.9. The standard InChI is InChI=1S/C21H32.C5H12S.2C2H4/c1-6-20(4)12-7-13-21(5)18-10-8-16(15(2)3)14-17(18)9-11-19(20)21;1-3-4-5-6-2;2*1-2/h6,9,14-15,18-19H,1,7-8,10-13H2,2-5H3;3-5H2,1-2H3;2*1-2H2. The van der Waals surface area contributed by atoms with E-state index in [4.69, 9.17) is 0 Å². The lowest BCUT2D eigenvalue weighted by atomic mass is 9.47.